The van der Waals surface area contributed by atoms with Gasteiger partial charge in [-0.05, 0) is 44.2 Å². The van der Waals surface area contributed by atoms with Crippen LogP contribution in [0.1, 0.15) is 28.4 Å². The van der Waals surface area contributed by atoms with Gasteiger partial charge >= 0.3 is 0 Å². The number of rotatable bonds is 4. The van der Waals surface area contributed by atoms with Gasteiger partial charge in [0.1, 0.15) is 5.75 Å². The van der Waals surface area contributed by atoms with E-state index in [1.807, 2.05) is 32.0 Å². The number of ketones is 1. The Labute approximate surface area is 131 Å². The lowest BCUT2D eigenvalue weighted by Crippen LogP contribution is -2.06. The van der Waals surface area contributed by atoms with Crippen molar-refractivity contribution in [3.63, 3.8) is 0 Å². The van der Waals surface area contributed by atoms with E-state index in [1.54, 1.807) is 18.2 Å². The molecule has 4 heteroatoms. The highest BCUT2D eigenvalue weighted by Gasteiger charge is 2.16. The number of ether oxygens (including phenoxy) is 1. The molecule has 0 spiro atoms. The molecule has 104 valence electrons. The standard InChI is InChI=1S/C16H14BrClO2/c1-3-20-15-5-4-10(2)6-14(15)16(19)11-7-12(17)9-13(18)8-11/h4-9H,3H2,1-2H3. The fourth-order valence-corrected chi connectivity index (χ4v) is 2.80. The van der Waals surface area contributed by atoms with E-state index in [-0.39, 0.29) is 5.78 Å². The van der Waals surface area contributed by atoms with Crippen molar-refractivity contribution in [2.75, 3.05) is 6.61 Å². The van der Waals surface area contributed by atoms with Crippen LogP contribution in [0.25, 0.3) is 0 Å². The number of benzene rings is 2. The second-order valence-electron chi connectivity index (χ2n) is 4.42. The number of carbonyl (C=O) groups excluding carboxylic acids is 1. The van der Waals surface area contributed by atoms with Crippen molar-refractivity contribution < 1.29 is 9.53 Å². The predicted molar refractivity (Wildman–Crippen MR) is 84.9 cm³/mol. The quantitative estimate of drug-likeness (QED) is 0.720. The number of halogens is 2. The molecule has 0 aliphatic carbocycles. The number of aryl methyl sites for hydroxylation is 1. The third-order valence-electron chi connectivity index (χ3n) is 2.80. The third-order valence-corrected chi connectivity index (χ3v) is 3.48. The average molecular weight is 354 g/mol. The van der Waals surface area contributed by atoms with Crippen molar-refractivity contribution >= 4 is 33.3 Å². The van der Waals surface area contributed by atoms with Gasteiger partial charge in [0.25, 0.3) is 0 Å². The van der Waals surface area contributed by atoms with Crippen LogP contribution < -0.4 is 4.74 Å². The third kappa shape index (κ3) is 3.41. The predicted octanol–water partition coefficient (Wildman–Crippen LogP) is 5.04. The second kappa shape index (κ2) is 6.42. The van der Waals surface area contributed by atoms with Crippen LogP contribution in [0.4, 0.5) is 0 Å². The molecule has 0 amide bonds. The average Bonchev–Trinajstić information content (AvgIpc) is 2.39. The van der Waals surface area contributed by atoms with E-state index in [4.69, 9.17) is 16.3 Å². The summed E-state index contributed by atoms with van der Waals surface area (Å²) in [5.74, 6) is 0.500. The lowest BCUT2D eigenvalue weighted by molar-refractivity contribution is 0.103. The zero-order valence-electron chi connectivity index (χ0n) is 11.2. The Kier molecular flexibility index (Phi) is 4.84. The molecular weight excluding hydrogens is 340 g/mol. The van der Waals surface area contributed by atoms with Gasteiger partial charge in [-0.25, -0.2) is 0 Å². The molecule has 0 saturated carbocycles. The molecule has 2 nitrogen and oxygen atoms in total. The molecule has 2 aromatic carbocycles. The maximum atomic E-state index is 12.6. The SMILES string of the molecule is CCOc1ccc(C)cc1C(=O)c1cc(Cl)cc(Br)c1. The minimum Gasteiger partial charge on any atom is -0.493 e. The van der Waals surface area contributed by atoms with Gasteiger partial charge < -0.3 is 4.74 Å². The largest absolute Gasteiger partial charge is 0.493 e. The Hall–Kier alpha value is -1.32. The molecule has 0 saturated heterocycles. The van der Waals surface area contributed by atoms with Crippen LogP contribution in [-0.4, -0.2) is 12.4 Å². The molecule has 2 aromatic rings. The van der Waals surface area contributed by atoms with Gasteiger partial charge in [0, 0.05) is 15.1 Å². The van der Waals surface area contributed by atoms with Crippen LogP contribution in [-0.2, 0) is 0 Å². The lowest BCUT2D eigenvalue weighted by atomic mass is 10.0. The number of carbonyl (C=O) groups is 1. The van der Waals surface area contributed by atoms with Crippen molar-refractivity contribution in [2.24, 2.45) is 0 Å². The Bertz CT molecular complexity index is 633. The van der Waals surface area contributed by atoms with Crippen LogP contribution in [0.3, 0.4) is 0 Å². The highest BCUT2D eigenvalue weighted by molar-refractivity contribution is 9.10. The molecule has 0 aliphatic heterocycles. The van der Waals surface area contributed by atoms with Crippen molar-refractivity contribution in [1.82, 2.24) is 0 Å². The first-order valence-corrected chi connectivity index (χ1v) is 7.42. The van der Waals surface area contributed by atoms with E-state index in [2.05, 4.69) is 15.9 Å². The molecule has 0 aliphatic rings. The summed E-state index contributed by atoms with van der Waals surface area (Å²) in [5, 5.41) is 0.522. The van der Waals surface area contributed by atoms with Crippen LogP contribution in [0.5, 0.6) is 5.75 Å². The highest BCUT2D eigenvalue weighted by Crippen LogP contribution is 2.26. The molecule has 0 heterocycles. The second-order valence-corrected chi connectivity index (χ2v) is 5.77. The summed E-state index contributed by atoms with van der Waals surface area (Å²) in [6.45, 7) is 4.35. The van der Waals surface area contributed by atoms with Gasteiger partial charge in [0.15, 0.2) is 5.78 Å². The van der Waals surface area contributed by atoms with Crippen molar-refractivity contribution in [1.29, 1.82) is 0 Å². The van der Waals surface area contributed by atoms with Crippen molar-refractivity contribution in [3.8, 4) is 5.75 Å². The van der Waals surface area contributed by atoms with Gasteiger partial charge in [-0.3, -0.25) is 4.79 Å². The Morgan fingerprint density at radius 1 is 1.25 bits per heavy atom. The number of hydrogen-bond donors (Lipinski definition) is 0. The van der Waals surface area contributed by atoms with Crippen molar-refractivity contribution in [2.45, 2.75) is 13.8 Å². The van der Waals surface area contributed by atoms with Gasteiger partial charge in [0.2, 0.25) is 0 Å². The number of hydrogen-bond acceptors (Lipinski definition) is 2. The Balaban J connectivity index is 2.49. The molecule has 0 atom stereocenters. The van der Waals surface area contributed by atoms with Crippen LogP contribution in [0.2, 0.25) is 5.02 Å². The summed E-state index contributed by atoms with van der Waals surface area (Å²) in [6.07, 6.45) is 0. The fraction of sp³-hybridized carbons (Fsp3) is 0.188. The minimum atomic E-state index is -0.0969. The smallest absolute Gasteiger partial charge is 0.196 e. The van der Waals surface area contributed by atoms with Crippen LogP contribution in [0.15, 0.2) is 40.9 Å². The summed E-state index contributed by atoms with van der Waals surface area (Å²) < 4.78 is 6.31. The van der Waals surface area contributed by atoms with Crippen LogP contribution in [0, 0.1) is 6.92 Å². The Morgan fingerprint density at radius 2 is 2.00 bits per heavy atom. The van der Waals surface area contributed by atoms with E-state index in [1.165, 1.54) is 0 Å². The monoisotopic (exact) mass is 352 g/mol. The maximum absolute atomic E-state index is 12.6. The first-order valence-electron chi connectivity index (χ1n) is 6.25. The van der Waals surface area contributed by atoms with Crippen LogP contribution >= 0.6 is 27.5 Å². The van der Waals surface area contributed by atoms with Gasteiger partial charge in [-0.2, -0.15) is 0 Å². The van der Waals surface area contributed by atoms with Crippen molar-refractivity contribution in [3.05, 3.63) is 62.6 Å². The van der Waals surface area contributed by atoms with E-state index >= 15 is 0 Å². The van der Waals surface area contributed by atoms with E-state index in [9.17, 15) is 4.79 Å². The summed E-state index contributed by atoms with van der Waals surface area (Å²) in [6, 6.07) is 10.8. The molecular formula is C16H14BrClO2. The zero-order chi connectivity index (χ0) is 14.7. The first kappa shape index (κ1) is 15.1. The fourth-order valence-electron chi connectivity index (χ4n) is 1.94. The molecule has 0 unspecified atom stereocenters. The van der Waals surface area contributed by atoms with Gasteiger partial charge in [-0.1, -0.05) is 39.2 Å². The first-order chi connectivity index (χ1) is 9.51. The molecule has 0 fully saturated rings. The normalized spacial score (nSPS) is 10.4. The molecule has 20 heavy (non-hydrogen) atoms. The zero-order valence-corrected chi connectivity index (χ0v) is 13.6. The molecule has 0 N–H and O–H groups in total. The summed E-state index contributed by atoms with van der Waals surface area (Å²) in [5.41, 5.74) is 2.11. The van der Waals surface area contributed by atoms with E-state index in [0.717, 1.165) is 10.0 Å². The lowest BCUT2D eigenvalue weighted by Gasteiger charge is -2.11. The topological polar surface area (TPSA) is 26.3 Å². The van der Waals surface area contributed by atoms with E-state index in [0.29, 0.717) is 28.5 Å². The Morgan fingerprint density at radius 3 is 2.65 bits per heavy atom. The molecule has 0 radical (unpaired) electrons. The maximum Gasteiger partial charge on any atom is 0.196 e. The van der Waals surface area contributed by atoms with Gasteiger partial charge in [-0.15, -0.1) is 0 Å². The summed E-state index contributed by atoms with van der Waals surface area (Å²) >= 11 is 9.35. The van der Waals surface area contributed by atoms with E-state index < -0.39 is 0 Å². The highest BCUT2D eigenvalue weighted by atomic mass is 79.9. The minimum absolute atomic E-state index is 0.0969. The molecule has 0 bridgehead atoms. The molecule has 2 rings (SSSR count). The van der Waals surface area contributed by atoms with Gasteiger partial charge in [0.05, 0.1) is 12.2 Å². The molecule has 0 aromatic heterocycles. The summed E-state index contributed by atoms with van der Waals surface area (Å²) in [7, 11) is 0. The summed E-state index contributed by atoms with van der Waals surface area (Å²) in [4.78, 5) is 12.6.